The van der Waals surface area contributed by atoms with Crippen molar-refractivity contribution in [3.8, 4) is 0 Å². The van der Waals surface area contributed by atoms with Crippen molar-refractivity contribution in [3.63, 3.8) is 0 Å². The summed E-state index contributed by atoms with van der Waals surface area (Å²) in [6.07, 6.45) is 11.7. The molecule has 22 heavy (non-hydrogen) atoms. The summed E-state index contributed by atoms with van der Waals surface area (Å²) in [4.78, 5) is 16.0. The van der Waals surface area contributed by atoms with Crippen molar-refractivity contribution < 1.29 is 9.53 Å². The first kappa shape index (κ1) is 16.8. The van der Waals surface area contributed by atoms with Crippen LogP contribution >= 0.6 is 11.8 Å². The number of methoxy groups -OCH3 is 1. The number of esters is 1. The highest BCUT2D eigenvalue weighted by molar-refractivity contribution is 8.05. The summed E-state index contributed by atoms with van der Waals surface area (Å²) >= 11 is 1.81. The maximum absolute atomic E-state index is 12.3. The standard InChI is InChI=1S/C18H23NO2S/c1-4-6-8-14(5-2)17(18(20)21-3)19-11-10-16-15(13-19)9-7-12-22-16/h4-8,12,17H,2,9-11,13H2,1,3H3/b6-4-,14-8+. The summed E-state index contributed by atoms with van der Waals surface area (Å²) in [5.74, 6) is -0.223. The zero-order valence-electron chi connectivity index (χ0n) is 13.2. The fraction of sp³-hybridized carbons (Fsp3) is 0.389. The van der Waals surface area contributed by atoms with Crippen molar-refractivity contribution in [3.05, 3.63) is 58.4 Å². The van der Waals surface area contributed by atoms with Gasteiger partial charge in [0.1, 0.15) is 6.04 Å². The molecule has 0 saturated heterocycles. The molecule has 0 aromatic carbocycles. The molecule has 0 aromatic heterocycles. The lowest BCUT2D eigenvalue weighted by Crippen LogP contribution is -2.46. The van der Waals surface area contributed by atoms with Crippen molar-refractivity contribution in [2.75, 3.05) is 20.2 Å². The summed E-state index contributed by atoms with van der Waals surface area (Å²) < 4.78 is 5.04. The minimum absolute atomic E-state index is 0.223. The summed E-state index contributed by atoms with van der Waals surface area (Å²) in [5, 5.41) is 2.16. The molecule has 2 rings (SSSR count). The first-order valence-electron chi connectivity index (χ1n) is 7.51. The highest BCUT2D eigenvalue weighted by Gasteiger charge is 2.32. The van der Waals surface area contributed by atoms with Gasteiger partial charge in [0, 0.05) is 13.1 Å². The first-order chi connectivity index (χ1) is 10.7. The van der Waals surface area contributed by atoms with Crippen LogP contribution in [0.5, 0.6) is 0 Å². The largest absolute Gasteiger partial charge is 0.468 e. The van der Waals surface area contributed by atoms with Crippen molar-refractivity contribution >= 4 is 17.7 Å². The van der Waals surface area contributed by atoms with Gasteiger partial charge in [0.05, 0.1) is 7.11 Å². The monoisotopic (exact) mass is 317 g/mol. The second kappa shape index (κ2) is 8.20. The smallest absolute Gasteiger partial charge is 0.327 e. The van der Waals surface area contributed by atoms with E-state index in [2.05, 4.69) is 23.0 Å². The van der Waals surface area contributed by atoms with Gasteiger partial charge in [-0.1, -0.05) is 37.0 Å². The van der Waals surface area contributed by atoms with Crippen LogP contribution in [-0.2, 0) is 9.53 Å². The van der Waals surface area contributed by atoms with Crippen LogP contribution in [0.4, 0.5) is 0 Å². The van der Waals surface area contributed by atoms with Crippen molar-refractivity contribution in [1.29, 1.82) is 0 Å². The molecule has 1 atom stereocenters. The lowest BCUT2D eigenvalue weighted by atomic mass is 9.99. The maximum atomic E-state index is 12.3. The molecule has 2 aliphatic heterocycles. The molecule has 0 aliphatic carbocycles. The Labute approximate surface area is 137 Å². The summed E-state index contributed by atoms with van der Waals surface area (Å²) in [7, 11) is 1.44. The molecule has 0 spiro atoms. The molecular formula is C18H23NO2S. The maximum Gasteiger partial charge on any atom is 0.327 e. The van der Waals surface area contributed by atoms with E-state index < -0.39 is 0 Å². The van der Waals surface area contributed by atoms with Gasteiger partial charge in [-0.05, 0) is 41.2 Å². The zero-order chi connectivity index (χ0) is 15.9. The molecule has 2 aliphatic rings. The van der Waals surface area contributed by atoms with E-state index in [1.165, 1.54) is 17.6 Å². The third-order valence-corrected chi connectivity index (χ3v) is 5.01. The van der Waals surface area contributed by atoms with E-state index >= 15 is 0 Å². The second-order valence-corrected chi connectivity index (χ2v) is 6.26. The Morgan fingerprint density at radius 2 is 2.36 bits per heavy atom. The number of carbonyl (C=O) groups excluding carboxylic acids is 1. The van der Waals surface area contributed by atoms with Crippen LogP contribution < -0.4 is 0 Å². The van der Waals surface area contributed by atoms with E-state index in [4.69, 9.17) is 4.74 Å². The second-order valence-electron chi connectivity index (χ2n) is 5.26. The lowest BCUT2D eigenvalue weighted by Gasteiger charge is -2.36. The van der Waals surface area contributed by atoms with E-state index in [1.54, 1.807) is 6.08 Å². The number of nitrogens with zero attached hydrogens (tertiary/aromatic N) is 1. The van der Waals surface area contributed by atoms with E-state index in [1.807, 2.05) is 36.9 Å². The number of hydrogen-bond acceptors (Lipinski definition) is 4. The van der Waals surface area contributed by atoms with Crippen LogP contribution in [0, 0.1) is 0 Å². The summed E-state index contributed by atoms with van der Waals surface area (Å²) in [6.45, 7) is 7.49. The Bertz CT molecular complexity index is 557. The molecule has 0 bridgehead atoms. The van der Waals surface area contributed by atoms with Crippen LogP contribution in [0.3, 0.4) is 0 Å². The number of ether oxygens (including phenoxy) is 1. The van der Waals surface area contributed by atoms with Gasteiger partial charge in [-0.3, -0.25) is 4.90 Å². The Balaban J connectivity index is 2.25. The molecular weight excluding hydrogens is 294 g/mol. The fourth-order valence-electron chi connectivity index (χ4n) is 2.78. The van der Waals surface area contributed by atoms with E-state index in [9.17, 15) is 4.79 Å². The van der Waals surface area contributed by atoms with E-state index in [0.29, 0.717) is 0 Å². The molecule has 3 nitrogen and oxygen atoms in total. The Kier molecular flexibility index (Phi) is 6.28. The molecule has 4 heteroatoms. The van der Waals surface area contributed by atoms with Crippen molar-refractivity contribution in [2.45, 2.75) is 25.8 Å². The normalized spacial score (nSPS) is 20.9. The molecule has 0 fully saturated rings. The van der Waals surface area contributed by atoms with Gasteiger partial charge in [-0.15, -0.1) is 11.8 Å². The zero-order valence-corrected chi connectivity index (χ0v) is 14.1. The predicted molar refractivity (Wildman–Crippen MR) is 93.5 cm³/mol. The van der Waals surface area contributed by atoms with Crippen LogP contribution in [0.15, 0.2) is 58.4 Å². The summed E-state index contributed by atoms with van der Waals surface area (Å²) in [5.41, 5.74) is 2.30. The highest BCUT2D eigenvalue weighted by atomic mass is 32.2. The number of allylic oxidation sites excluding steroid dienone is 4. The van der Waals surface area contributed by atoms with Crippen LogP contribution in [0.25, 0.3) is 0 Å². The Hall–Kier alpha value is -1.52. The quantitative estimate of drug-likeness (QED) is 0.569. The summed E-state index contributed by atoms with van der Waals surface area (Å²) in [6, 6.07) is -0.386. The average molecular weight is 317 g/mol. The Morgan fingerprint density at radius 3 is 3.05 bits per heavy atom. The third-order valence-electron chi connectivity index (χ3n) is 3.91. The SMILES string of the molecule is C=C/C(=C\C=C/C)C(C(=O)OC)N1CCC2=C(CC=CS2)C1. The van der Waals surface area contributed by atoms with Gasteiger partial charge in [0.2, 0.25) is 0 Å². The molecule has 1 unspecified atom stereocenters. The third kappa shape index (κ3) is 3.81. The minimum Gasteiger partial charge on any atom is -0.468 e. The fourth-order valence-corrected chi connectivity index (χ4v) is 3.66. The number of carbonyl (C=O) groups is 1. The van der Waals surface area contributed by atoms with E-state index in [-0.39, 0.29) is 12.0 Å². The molecule has 2 heterocycles. The van der Waals surface area contributed by atoms with Gasteiger partial charge in [0.25, 0.3) is 0 Å². The van der Waals surface area contributed by atoms with Gasteiger partial charge in [-0.2, -0.15) is 0 Å². The van der Waals surface area contributed by atoms with Crippen LogP contribution in [-0.4, -0.2) is 37.1 Å². The Morgan fingerprint density at radius 1 is 1.55 bits per heavy atom. The van der Waals surface area contributed by atoms with Crippen molar-refractivity contribution in [2.24, 2.45) is 0 Å². The van der Waals surface area contributed by atoms with Gasteiger partial charge >= 0.3 is 5.97 Å². The first-order valence-corrected chi connectivity index (χ1v) is 8.39. The molecule has 0 N–H and O–H groups in total. The van der Waals surface area contributed by atoms with Crippen molar-refractivity contribution in [1.82, 2.24) is 4.90 Å². The molecule has 0 radical (unpaired) electrons. The van der Waals surface area contributed by atoms with E-state index in [0.717, 1.165) is 31.5 Å². The topological polar surface area (TPSA) is 29.5 Å². The predicted octanol–water partition coefficient (Wildman–Crippen LogP) is 3.83. The number of thioether (sulfide) groups is 1. The molecule has 0 aromatic rings. The molecule has 118 valence electrons. The highest BCUT2D eigenvalue weighted by Crippen LogP contribution is 2.35. The molecule has 0 amide bonds. The van der Waals surface area contributed by atoms with Crippen LogP contribution in [0.1, 0.15) is 19.8 Å². The number of rotatable bonds is 5. The van der Waals surface area contributed by atoms with Crippen LogP contribution in [0.2, 0.25) is 0 Å². The minimum atomic E-state index is -0.386. The number of hydrogen-bond donors (Lipinski definition) is 0. The van der Waals surface area contributed by atoms with Gasteiger partial charge in [-0.25, -0.2) is 4.79 Å². The van der Waals surface area contributed by atoms with Gasteiger partial charge in [0.15, 0.2) is 0 Å². The average Bonchev–Trinajstić information content (AvgIpc) is 2.57. The lowest BCUT2D eigenvalue weighted by molar-refractivity contribution is -0.145. The van der Waals surface area contributed by atoms with Gasteiger partial charge < -0.3 is 4.74 Å². The molecule has 0 saturated carbocycles.